The first-order valence-corrected chi connectivity index (χ1v) is 9.45. The van der Waals surface area contributed by atoms with Gasteiger partial charge in [-0.05, 0) is 49.7 Å². The van der Waals surface area contributed by atoms with Crippen molar-refractivity contribution in [2.75, 3.05) is 19.9 Å². The van der Waals surface area contributed by atoms with Gasteiger partial charge < -0.3 is 14.2 Å². The number of nitrogens with zero attached hydrogens (tertiary/aromatic N) is 2. The molecule has 1 atom stereocenters. The van der Waals surface area contributed by atoms with Crippen LogP contribution in [-0.4, -0.2) is 34.6 Å². The number of hydrogen-bond donors (Lipinski definition) is 2. The molecule has 1 unspecified atom stereocenters. The fraction of sp³-hybridized carbons (Fsp3) is 0.375. The van der Waals surface area contributed by atoms with E-state index in [4.69, 9.17) is 14.7 Å². The predicted octanol–water partition coefficient (Wildman–Crippen LogP) is 2.65. The largest absolute Gasteiger partial charge is 0.497 e. The van der Waals surface area contributed by atoms with Gasteiger partial charge in [-0.2, -0.15) is 5.10 Å². The highest BCUT2D eigenvalue weighted by molar-refractivity contribution is 7.52. The Kier molecular flexibility index (Phi) is 6.31. The molecule has 0 bridgehead atoms. The highest BCUT2D eigenvalue weighted by Gasteiger charge is 2.17. The molecule has 0 spiro atoms. The van der Waals surface area contributed by atoms with Gasteiger partial charge in [-0.3, -0.25) is 9.97 Å². The number of aromatic nitrogens is 2. The number of rotatable bonds is 8. The van der Waals surface area contributed by atoms with Crippen LogP contribution in [0.2, 0.25) is 0 Å². The Morgan fingerprint density at radius 3 is 2.58 bits per heavy atom. The average Bonchev–Trinajstić information content (AvgIpc) is 2.56. The van der Waals surface area contributed by atoms with Crippen LogP contribution in [0.25, 0.3) is 11.3 Å². The highest BCUT2D eigenvalue weighted by Crippen LogP contribution is 2.42. The van der Waals surface area contributed by atoms with E-state index in [-0.39, 0.29) is 18.3 Å². The highest BCUT2D eigenvalue weighted by atomic mass is 31.2. The summed E-state index contributed by atoms with van der Waals surface area (Å²) in [4.78, 5) is 9.59. The topological polar surface area (TPSA) is 97.4 Å². The van der Waals surface area contributed by atoms with E-state index in [2.05, 4.69) is 5.10 Å². The van der Waals surface area contributed by atoms with Crippen molar-refractivity contribution < 1.29 is 18.7 Å². The lowest BCUT2D eigenvalue weighted by Crippen LogP contribution is -2.23. The van der Waals surface area contributed by atoms with Crippen LogP contribution in [0, 0.1) is 5.41 Å². The summed E-state index contributed by atoms with van der Waals surface area (Å²) in [7, 11) is -1.93. The molecule has 0 fully saturated rings. The lowest BCUT2D eigenvalue weighted by Gasteiger charge is -2.12. The summed E-state index contributed by atoms with van der Waals surface area (Å²) in [6.07, 6.45) is 0.450. The Morgan fingerprint density at radius 2 is 1.96 bits per heavy atom. The lowest BCUT2D eigenvalue weighted by molar-refractivity contribution is 0.272. The fourth-order valence-electron chi connectivity index (χ4n) is 2.23. The summed E-state index contributed by atoms with van der Waals surface area (Å²) in [6, 6.07) is 10.9. The molecule has 0 aliphatic heterocycles. The first-order valence-electron chi connectivity index (χ1n) is 7.69. The van der Waals surface area contributed by atoms with Crippen molar-refractivity contribution in [3.05, 3.63) is 41.9 Å². The molecule has 1 aromatic carbocycles. The summed E-state index contributed by atoms with van der Waals surface area (Å²) in [6.45, 7) is 2.26. The summed E-state index contributed by atoms with van der Waals surface area (Å²) in [5.41, 5.74) is 1.88. The number of aryl methyl sites for hydroxylation is 1. The van der Waals surface area contributed by atoms with E-state index in [0.717, 1.165) is 17.0 Å². The van der Waals surface area contributed by atoms with E-state index in [1.807, 2.05) is 24.3 Å². The normalized spacial score (nSPS) is 13.5. The smallest absolute Gasteiger partial charge is 0.328 e. The van der Waals surface area contributed by atoms with Crippen molar-refractivity contribution in [3.8, 4) is 17.0 Å². The van der Waals surface area contributed by atoms with Crippen LogP contribution in [-0.2, 0) is 15.6 Å². The van der Waals surface area contributed by atoms with Crippen LogP contribution in [0.3, 0.4) is 0 Å². The third-order valence-corrected chi connectivity index (χ3v) is 4.98. The van der Waals surface area contributed by atoms with Gasteiger partial charge in [0.15, 0.2) is 0 Å². The monoisotopic (exact) mass is 351 g/mol. The third kappa shape index (κ3) is 5.03. The van der Waals surface area contributed by atoms with Crippen LogP contribution >= 0.6 is 7.60 Å². The van der Waals surface area contributed by atoms with Crippen molar-refractivity contribution in [1.82, 2.24) is 9.78 Å². The second-order valence-corrected chi connectivity index (χ2v) is 7.17. The predicted molar refractivity (Wildman–Crippen MR) is 91.0 cm³/mol. The van der Waals surface area contributed by atoms with E-state index in [1.165, 1.54) is 4.68 Å². The molecule has 2 N–H and O–H groups in total. The number of benzene rings is 1. The van der Waals surface area contributed by atoms with Gasteiger partial charge in [0.1, 0.15) is 11.2 Å². The van der Waals surface area contributed by atoms with Gasteiger partial charge in [0, 0.05) is 12.1 Å². The molecule has 0 amide bonds. The second kappa shape index (κ2) is 8.24. The molecule has 0 saturated heterocycles. The Hall–Kier alpha value is -1.95. The zero-order valence-corrected chi connectivity index (χ0v) is 14.7. The number of methoxy groups -OCH3 is 1. The average molecular weight is 351 g/mol. The molecule has 0 radical (unpaired) electrons. The van der Waals surface area contributed by atoms with Crippen LogP contribution in [0.5, 0.6) is 5.75 Å². The minimum absolute atomic E-state index is 0.0434. The third-order valence-electron chi connectivity index (χ3n) is 3.43. The van der Waals surface area contributed by atoms with Crippen LogP contribution < -0.4 is 10.2 Å². The molecule has 1 aromatic heterocycles. The van der Waals surface area contributed by atoms with Crippen molar-refractivity contribution in [2.24, 2.45) is 0 Å². The minimum atomic E-state index is -3.54. The Labute approximate surface area is 140 Å². The lowest BCUT2D eigenvalue weighted by atomic mass is 10.1. The van der Waals surface area contributed by atoms with E-state index in [1.54, 1.807) is 26.2 Å². The van der Waals surface area contributed by atoms with Crippen LogP contribution in [0.15, 0.2) is 36.4 Å². The molecule has 7 nitrogen and oxygen atoms in total. The second-order valence-electron chi connectivity index (χ2n) is 5.19. The molecule has 2 rings (SSSR count). The van der Waals surface area contributed by atoms with Gasteiger partial charge in [0.05, 0.1) is 25.6 Å². The number of ether oxygens (including phenoxy) is 1. The van der Waals surface area contributed by atoms with Crippen LogP contribution in [0.4, 0.5) is 0 Å². The van der Waals surface area contributed by atoms with Crippen molar-refractivity contribution in [1.29, 1.82) is 5.41 Å². The SMILES string of the molecule is CCOP(=O)(O)CCCn1nc(-c2ccc(OC)cc2)ccc1=N. The quantitative estimate of drug-likeness (QED) is 0.713. The van der Waals surface area contributed by atoms with Crippen molar-refractivity contribution in [2.45, 2.75) is 19.9 Å². The summed E-state index contributed by atoms with van der Waals surface area (Å²) >= 11 is 0. The van der Waals surface area contributed by atoms with Gasteiger partial charge in [0.25, 0.3) is 0 Å². The minimum Gasteiger partial charge on any atom is -0.497 e. The van der Waals surface area contributed by atoms with E-state index in [9.17, 15) is 9.46 Å². The molecular formula is C16H22N3O4P. The molecule has 8 heteroatoms. The zero-order valence-electron chi connectivity index (χ0n) is 13.8. The number of nitrogens with one attached hydrogen (secondary N) is 1. The van der Waals surface area contributed by atoms with Crippen molar-refractivity contribution >= 4 is 7.60 Å². The first kappa shape index (κ1) is 18.4. The Morgan fingerprint density at radius 1 is 1.25 bits per heavy atom. The first-order chi connectivity index (χ1) is 11.4. The molecule has 0 saturated carbocycles. The molecule has 2 aromatic rings. The zero-order chi connectivity index (χ0) is 17.6. The summed E-state index contributed by atoms with van der Waals surface area (Å²) in [5, 5.41) is 12.4. The molecule has 130 valence electrons. The maximum absolute atomic E-state index is 11.7. The molecule has 0 aliphatic rings. The molecule has 1 heterocycles. The van der Waals surface area contributed by atoms with E-state index >= 15 is 0 Å². The van der Waals surface area contributed by atoms with Gasteiger partial charge in [0.2, 0.25) is 0 Å². The maximum Gasteiger partial charge on any atom is 0.328 e. The fourth-order valence-corrected chi connectivity index (χ4v) is 3.31. The van der Waals surface area contributed by atoms with E-state index in [0.29, 0.717) is 13.0 Å². The Bertz CT molecular complexity index is 774. The summed E-state index contributed by atoms with van der Waals surface area (Å²) in [5.74, 6) is 0.762. The van der Waals surface area contributed by atoms with Crippen LogP contribution in [0.1, 0.15) is 13.3 Å². The van der Waals surface area contributed by atoms with Gasteiger partial charge in [-0.25, -0.2) is 4.68 Å². The molecule has 24 heavy (non-hydrogen) atoms. The van der Waals surface area contributed by atoms with Gasteiger partial charge in [-0.15, -0.1) is 0 Å². The molecular weight excluding hydrogens is 329 g/mol. The van der Waals surface area contributed by atoms with Gasteiger partial charge in [-0.1, -0.05) is 0 Å². The van der Waals surface area contributed by atoms with Gasteiger partial charge >= 0.3 is 7.60 Å². The van der Waals surface area contributed by atoms with E-state index < -0.39 is 7.60 Å². The Balaban J connectivity index is 2.10. The molecule has 0 aliphatic carbocycles. The number of hydrogen-bond acceptors (Lipinski definition) is 5. The summed E-state index contributed by atoms with van der Waals surface area (Å²) < 4.78 is 23.2. The van der Waals surface area contributed by atoms with Crippen molar-refractivity contribution in [3.63, 3.8) is 0 Å². The standard InChI is InChI=1S/C16H22N3O4P/c1-3-23-24(20,21)12-4-11-19-16(17)10-9-15(18-19)13-5-7-14(22-2)8-6-13/h5-10,17H,3-4,11-12H2,1-2H3,(H,20,21). The maximum atomic E-state index is 11.7.